The van der Waals surface area contributed by atoms with Crippen molar-refractivity contribution in [3.63, 3.8) is 0 Å². The van der Waals surface area contributed by atoms with E-state index in [0.717, 1.165) is 26.6 Å². The molecule has 0 heterocycles. The van der Waals surface area contributed by atoms with Crippen LogP contribution in [0.1, 0.15) is 41.7 Å². The average molecular weight is 644 g/mol. The van der Waals surface area contributed by atoms with Crippen LogP contribution in [0.15, 0.2) is 102 Å². The van der Waals surface area contributed by atoms with E-state index in [4.69, 9.17) is 0 Å². The predicted octanol–water partition coefficient (Wildman–Crippen LogP) is 6.36. The van der Waals surface area contributed by atoms with Crippen LogP contribution in [-0.2, 0) is 32.6 Å². The summed E-state index contributed by atoms with van der Waals surface area (Å²) < 4.78 is 43.4. The van der Waals surface area contributed by atoms with Crippen molar-refractivity contribution in [2.45, 2.75) is 58.5 Å². The third-order valence-corrected chi connectivity index (χ3v) is 9.68. The number of benzene rings is 4. The molecule has 0 aliphatic carbocycles. The van der Waals surface area contributed by atoms with Crippen molar-refractivity contribution >= 4 is 27.5 Å². The Balaban J connectivity index is 1.81. The number of sulfonamides is 1. The Bertz CT molecular complexity index is 1740. The fourth-order valence-electron chi connectivity index (χ4n) is 5.01. The molecule has 9 heteroatoms. The van der Waals surface area contributed by atoms with E-state index in [1.165, 1.54) is 29.2 Å². The minimum atomic E-state index is -4.20. The molecule has 0 aliphatic heterocycles. The van der Waals surface area contributed by atoms with Crippen LogP contribution < -0.4 is 9.62 Å². The van der Waals surface area contributed by atoms with Gasteiger partial charge in [0, 0.05) is 19.5 Å². The number of hydrogen-bond acceptors (Lipinski definition) is 4. The van der Waals surface area contributed by atoms with Crippen molar-refractivity contribution in [3.05, 3.63) is 131 Å². The fourth-order valence-corrected chi connectivity index (χ4v) is 6.42. The summed E-state index contributed by atoms with van der Waals surface area (Å²) in [6.45, 7) is 9.45. The first-order chi connectivity index (χ1) is 21.8. The molecule has 242 valence electrons. The second-order valence-electron chi connectivity index (χ2n) is 12.1. The third kappa shape index (κ3) is 8.81. The summed E-state index contributed by atoms with van der Waals surface area (Å²) in [6.07, 6.45) is 0.200. The van der Waals surface area contributed by atoms with Gasteiger partial charge >= 0.3 is 0 Å². The summed E-state index contributed by atoms with van der Waals surface area (Å²) >= 11 is 0. The van der Waals surface area contributed by atoms with Crippen LogP contribution in [0.2, 0.25) is 0 Å². The highest BCUT2D eigenvalue weighted by Gasteiger charge is 2.34. The Kier molecular flexibility index (Phi) is 11.4. The van der Waals surface area contributed by atoms with Gasteiger partial charge in [-0.05, 0) is 85.3 Å². The predicted molar refractivity (Wildman–Crippen MR) is 180 cm³/mol. The Morgan fingerprint density at radius 1 is 0.804 bits per heavy atom. The molecule has 1 atom stereocenters. The lowest BCUT2D eigenvalue weighted by Crippen LogP contribution is -2.53. The number of carbonyl (C=O) groups is 2. The Labute approximate surface area is 272 Å². The molecule has 4 aromatic carbocycles. The Morgan fingerprint density at radius 3 is 2.07 bits per heavy atom. The fraction of sp³-hybridized carbons (Fsp3) is 0.297. The second-order valence-corrected chi connectivity index (χ2v) is 13.9. The van der Waals surface area contributed by atoms with Gasteiger partial charge in [-0.25, -0.2) is 12.8 Å². The number of halogens is 1. The van der Waals surface area contributed by atoms with E-state index < -0.39 is 34.3 Å². The maximum Gasteiger partial charge on any atom is 0.264 e. The lowest BCUT2D eigenvalue weighted by atomic mass is 10.0. The average Bonchev–Trinajstić information content (AvgIpc) is 3.03. The van der Waals surface area contributed by atoms with Crippen molar-refractivity contribution in [2.75, 3.05) is 17.4 Å². The number of amides is 2. The number of aryl methyl sites for hydroxylation is 3. The zero-order valence-corrected chi connectivity index (χ0v) is 27.9. The van der Waals surface area contributed by atoms with Crippen molar-refractivity contribution in [3.8, 4) is 0 Å². The normalized spacial score (nSPS) is 12.1. The van der Waals surface area contributed by atoms with Crippen LogP contribution in [0.3, 0.4) is 0 Å². The van der Waals surface area contributed by atoms with Gasteiger partial charge in [-0.15, -0.1) is 0 Å². The summed E-state index contributed by atoms with van der Waals surface area (Å²) in [7, 11) is -4.20. The minimum absolute atomic E-state index is 0.0307. The number of nitrogens with one attached hydrogen (secondary N) is 1. The molecule has 4 rings (SSSR count). The highest BCUT2D eigenvalue weighted by Crippen LogP contribution is 2.27. The van der Waals surface area contributed by atoms with Crippen molar-refractivity contribution in [1.82, 2.24) is 10.2 Å². The second kappa shape index (κ2) is 15.2. The third-order valence-electron chi connectivity index (χ3n) is 7.89. The van der Waals surface area contributed by atoms with Crippen LogP contribution in [0.25, 0.3) is 0 Å². The first-order valence-electron chi connectivity index (χ1n) is 15.4. The van der Waals surface area contributed by atoms with Gasteiger partial charge < -0.3 is 10.2 Å². The van der Waals surface area contributed by atoms with Gasteiger partial charge in [0.05, 0.1) is 10.6 Å². The van der Waals surface area contributed by atoms with Gasteiger partial charge in [-0.2, -0.15) is 0 Å². The zero-order valence-electron chi connectivity index (χ0n) is 27.0. The maximum absolute atomic E-state index is 14.5. The van der Waals surface area contributed by atoms with Crippen LogP contribution in [0.4, 0.5) is 10.1 Å². The summed E-state index contributed by atoms with van der Waals surface area (Å²) in [6, 6.07) is 25.8. The molecule has 0 radical (unpaired) electrons. The van der Waals surface area contributed by atoms with Crippen molar-refractivity contribution in [1.29, 1.82) is 0 Å². The van der Waals surface area contributed by atoms with Gasteiger partial charge in [0.1, 0.15) is 18.4 Å². The molecule has 0 saturated carbocycles. The van der Waals surface area contributed by atoms with E-state index in [9.17, 15) is 22.4 Å². The van der Waals surface area contributed by atoms with Crippen molar-refractivity contribution in [2.24, 2.45) is 5.92 Å². The van der Waals surface area contributed by atoms with E-state index in [1.807, 2.05) is 71.0 Å². The molecule has 0 spiro atoms. The maximum atomic E-state index is 14.5. The number of hydrogen-bond donors (Lipinski definition) is 1. The number of nitrogens with zero attached hydrogens (tertiary/aromatic N) is 2. The summed E-state index contributed by atoms with van der Waals surface area (Å²) in [5.74, 6) is -1.18. The van der Waals surface area contributed by atoms with Gasteiger partial charge in [0.15, 0.2) is 0 Å². The van der Waals surface area contributed by atoms with E-state index in [1.54, 1.807) is 36.4 Å². The molecule has 46 heavy (non-hydrogen) atoms. The lowest BCUT2D eigenvalue weighted by molar-refractivity contribution is -0.140. The van der Waals surface area contributed by atoms with E-state index in [2.05, 4.69) is 5.32 Å². The smallest absolute Gasteiger partial charge is 0.264 e. The van der Waals surface area contributed by atoms with Crippen LogP contribution in [0.5, 0.6) is 0 Å². The van der Waals surface area contributed by atoms with Crippen LogP contribution in [0, 0.1) is 32.5 Å². The SMILES string of the molecule is Cc1ccc(S(=O)(=O)N(CC(=O)N(Cc2ccc(F)cc2)C(Cc2ccccc2)C(=O)NCC(C)C)c2ccc(C)c(C)c2)cc1. The number of anilines is 1. The molecule has 1 unspecified atom stereocenters. The highest BCUT2D eigenvalue weighted by molar-refractivity contribution is 7.92. The summed E-state index contributed by atoms with van der Waals surface area (Å²) in [5, 5.41) is 2.97. The topological polar surface area (TPSA) is 86.8 Å². The standard InChI is InChI=1S/C37H42FN3O4S/c1-26(2)23-39-37(43)35(22-30-9-7-6-8-10-30)40(24-31-14-16-32(38)17-15-31)36(42)25-41(33-18-13-28(4)29(5)21-33)46(44,45)34-19-11-27(3)12-20-34/h6-21,26,35H,22-25H2,1-5H3,(H,39,43). The quantitative estimate of drug-likeness (QED) is 0.184. The number of carbonyl (C=O) groups excluding carboxylic acids is 2. The first kappa shape index (κ1) is 34.4. The first-order valence-corrected chi connectivity index (χ1v) is 16.8. The molecule has 1 N–H and O–H groups in total. The Morgan fingerprint density at radius 2 is 1.46 bits per heavy atom. The molecule has 7 nitrogen and oxygen atoms in total. The van der Waals surface area contributed by atoms with Gasteiger partial charge in [-0.3, -0.25) is 13.9 Å². The van der Waals surface area contributed by atoms with E-state index in [-0.39, 0.29) is 29.7 Å². The minimum Gasteiger partial charge on any atom is -0.354 e. The van der Waals surface area contributed by atoms with Crippen molar-refractivity contribution < 1.29 is 22.4 Å². The largest absolute Gasteiger partial charge is 0.354 e. The highest BCUT2D eigenvalue weighted by atomic mass is 32.2. The monoisotopic (exact) mass is 643 g/mol. The molecule has 2 amide bonds. The van der Waals surface area contributed by atoms with E-state index >= 15 is 0 Å². The number of rotatable bonds is 13. The van der Waals surface area contributed by atoms with Gasteiger partial charge in [0.2, 0.25) is 11.8 Å². The molecular weight excluding hydrogens is 601 g/mol. The zero-order chi connectivity index (χ0) is 33.4. The molecule has 0 aromatic heterocycles. The molecular formula is C37H42FN3O4S. The molecule has 4 aromatic rings. The molecule has 0 saturated heterocycles. The van der Waals surface area contributed by atoms with Gasteiger partial charge in [-0.1, -0.05) is 80.1 Å². The van der Waals surface area contributed by atoms with Crippen LogP contribution >= 0.6 is 0 Å². The lowest BCUT2D eigenvalue weighted by Gasteiger charge is -2.34. The van der Waals surface area contributed by atoms with E-state index in [0.29, 0.717) is 17.8 Å². The molecule has 0 bridgehead atoms. The Hall–Kier alpha value is -4.50. The van der Waals surface area contributed by atoms with Crippen LogP contribution in [-0.4, -0.2) is 44.3 Å². The molecule has 0 fully saturated rings. The molecule has 0 aliphatic rings. The van der Waals surface area contributed by atoms with Gasteiger partial charge in [0.25, 0.3) is 10.0 Å². The summed E-state index contributed by atoms with van der Waals surface area (Å²) in [5.41, 5.74) is 4.51. The summed E-state index contributed by atoms with van der Waals surface area (Å²) in [4.78, 5) is 29.8.